The second-order valence-corrected chi connectivity index (χ2v) is 4.38. The SMILES string of the molecule is CCC(C)(CNC(=O)c1ccc(N)cn1)C(=O)O. The average Bonchev–Trinajstić information content (AvgIpc) is 2.36. The van der Waals surface area contributed by atoms with Crippen molar-refractivity contribution in [2.45, 2.75) is 20.3 Å². The number of amides is 1. The van der Waals surface area contributed by atoms with E-state index in [2.05, 4.69) is 10.3 Å². The van der Waals surface area contributed by atoms with Crippen LogP contribution in [0.25, 0.3) is 0 Å². The zero-order valence-electron chi connectivity index (χ0n) is 10.4. The Labute approximate surface area is 105 Å². The number of carbonyl (C=O) groups excluding carboxylic acids is 1. The maximum atomic E-state index is 11.7. The van der Waals surface area contributed by atoms with E-state index in [1.54, 1.807) is 19.9 Å². The average molecular weight is 251 g/mol. The highest BCUT2D eigenvalue weighted by atomic mass is 16.4. The van der Waals surface area contributed by atoms with Crippen molar-refractivity contribution in [3.63, 3.8) is 0 Å². The van der Waals surface area contributed by atoms with E-state index in [4.69, 9.17) is 10.8 Å². The molecular formula is C12H17N3O3. The standard InChI is InChI=1S/C12H17N3O3/c1-3-12(2,11(17)18)7-15-10(16)9-5-4-8(13)6-14-9/h4-6H,3,7,13H2,1-2H3,(H,15,16)(H,17,18). The molecule has 0 radical (unpaired) electrons. The molecule has 1 atom stereocenters. The Morgan fingerprint density at radius 3 is 2.61 bits per heavy atom. The highest BCUT2D eigenvalue weighted by Crippen LogP contribution is 2.20. The number of aliphatic carboxylic acids is 1. The van der Waals surface area contributed by atoms with Gasteiger partial charge in [0.1, 0.15) is 5.69 Å². The van der Waals surface area contributed by atoms with E-state index in [0.29, 0.717) is 12.1 Å². The predicted octanol–water partition coefficient (Wildman–Crippen LogP) is 0.895. The highest BCUT2D eigenvalue weighted by Gasteiger charge is 2.31. The van der Waals surface area contributed by atoms with Gasteiger partial charge >= 0.3 is 5.97 Å². The molecule has 0 fully saturated rings. The molecule has 1 aromatic heterocycles. The molecule has 0 aliphatic heterocycles. The molecule has 6 heteroatoms. The summed E-state index contributed by atoms with van der Waals surface area (Å²) in [6.07, 6.45) is 1.81. The van der Waals surface area contributed by atoms with Gasteiger partial charge in [-0.1, -0.05) is 6.92 Å². The first-order valence-electron chi connectivity index (χ1n) is 5.62. The minimum atomic E-state index is -0.969. The van der Waals surface area contributed by atoms with E-state index in [1.807, 2.05) is 0 Å². The second-order valence-electron chi connectivity index (χ2n) is 4.38. The van der Waals surface area contributed by atoms with Gasteiger partial charge in [0.2, 0.25) is 0 Å². The summed E-state index contributed by atoms with van der Waals surface area (Å²) in [5.74, 6) is -1.34. The summed E-state index contributed by atoms with van der Waals surface area (Å²) in [6, 6.07) is 3.06. The number of nitrogens with zero attached hydrogens (tertiary/aromatic N) is 1. The molecule has 1 heterocycles. The maximum absolute atomic E-state index is 11.7. The number of pyridine rings is 1. The zero-order chi connectivity index (χ0) is 13.8. The highest BCUT2D eigenvalue weighted by molar-refractivity contribution is 5.92. The summed E-state index contributed by atoms with van der Waals surface area (Å²) in [4.78, 5) is 26.7. The molecule has 0 saturated heterocycles. The molecule has 98 valence electrons. The maximum Gasteiger partial charge on any atom is 0.311 e. The van der Waals surface area contributed by atoms with Crippen molar-refractivity contribution >= 4 is 17.6 Å². The van der Waals surface area contributed by atoms with E-state index in [9.17, 15) is 9.59 Å². The molecule has 6 nitrogen and oxygen atoms in total. The van der Waals surface area contributed by atoms with Crippen LogP contribution in [-0.4, -0.2) is 28.5 Å². The van der Waals surface area contributed by atoms with Crippen LogP contribution >= 0.6 is 0 Å². The quantitative estimate of drug-likeness (QED) is 0.720. The number of nitrogen functional groups attached to an aromatic ring is 1. The first kappa shape index (κ1) is 14.0. The second kappa shape index (κ2) is 5.48. The smallest absolute Gasteiger partial charge is 0.311 e. The number of carboxylic acid groups (broad SMARTS) is 1. The number of hydrogen-bond donors (Lipinski definition) is 3. The lowest BCUT2D eigenvalue weighted by molar-refractivity contribution is -0.147. The monoisotopic (exact) mass is 251 g/mol. The van der Waals surface area contributed by atoms with Crippen molar-refractivity contribution in [2.75, 3.05) is 12.3 Å². The Bertz CT molecular complexity index is 444. The molecule has 0 aliphatic rings. The van der Waals surface area contributed by atoms with Crippen LogP contribution in [0.4, 0.5) is 5.69 Å². The van der Waals surface area contributed by atoms with Crippen LogP contribution < -0.4 is 11.1 Å². The van der Waals surface area contributed by atoms with Crippen LogP contribution in [0, 0.1) is 5.41 Å². The fraction of sp³-hybridized carbons (Fsp3) is 0.417. The normalized spacial score (nSPS) is 13.7. The topological polar surface area (TPSA) is 105 Å². The molecular weight excluding hydrogens is 234 g/mol. The van der Waals surface area contributed by atoms with Crippen molar-refractivity contribution in [2.24, 2.45) is 5.41 Å². The minimum absolute atomic E-state index is 0.0592. The first-order valence-corrected chi connectivity index (χ1v) is 5.62. The summed E-state index contributed by atoms with van der Waals surface area (Å²) >= 11 is 0. The van der Waals surface area contributed by atoms with Crippen LogP contribution in [-0.2, 0) is 4.79 Å². The molecule has 1 unspecified atom stereocenters. The lowest BCUT2D eigenvalue weighted by atomic mass is 9.88. The van der Waals surface area contributed by atoms with Gasteiger partial charge in [0.15, 0.2) is 0 Å². The fourth-order valence-electron chi connectivity index (χ4n) is 1.26. The number of nitrogens with one attached hydrogen (secondary N) is 1. The molecule has 1 amide bonds. The zero-order valence-corrected chi connectivity index (χ0v) is 10.4. The summed E-state index contributed by atoms with van der Waals surface area (Å²) < 4.78 is 0. The van der Waals surface area contributed by atoms with Crippen LogP contribution in [0.3, 0.4) is 0 Å². The van der Waals surface area contributed by atoms with E-state index >= 15 is 0 Å². The molecule has 1 rings (SSSR count). The summed E-state index contributed by atoms with van der Waals surface area (Å²) in [6.45, 7) is 3.41. The largest absolute Gasteiger partial charge is 0.481 e. The van der Waals surface area contributed by atoms with Gasteiger partial charge in [0, 0.05) is 6.54 Å². The van der Waals surface area contributed by atoms with E-state index < -0.39 is 17.3 Å². The van der Waals surface area contributed by atoms with Crippen LogP contribution in [0.15, 0.2) is 18.3 Å². The van der Waals surface area contributed by atoms with Gasteiger partial charge < -0.3 is 16.2 Å². The number of carbonyl (C=O) groups is 2. The van der Waals surface area contributed by atoms with Crippen molar-refractivity contribution in [1.29, 1.82) is 0 Å². The lowest BCUT2D eigenvalue weighted by Crippen LogP contribution is -2.40. The number of nitrogens with two attached hydrogens (primary N) is 1. The minimum Gasteiger partial charge on any atom is -0.481 e. The molecule has 18 heavy (non-hydrogen) atoms. The third-order valence-corrected chi connectivity index (χ3v) is 2.95. The number of aromatic nitrogens is 1. The number of hydrogen-bond acceptors (Lipinski definition) is 4. The first-order chi connectivity index (χ1) is 8.39. The molecule has 0 bridgehead atoms. The molecule has 0 spiro atoms. The van der Waals surface area contributed by atoms with E-state index in [0.717, 1.165) is 0 Å². The van der Waals surface area contributed by atoms with Gasteiger partial charge in [0.25, 0.3) is 5.91 Å². The summed E-state index contributed by atoms with van der Waals surface area (Å²) in [5, 5.41) is 11.6. The molecule has 0 aromatic carbocycles. The van der Waals surface area contributed by atoms with Gasteiger partial charge in [-0.15, -0.1) is 0 Å². The van der Waals surface area contributed by atoms with Crippen molar-refractivity contribution in [1.82, 2.24) is 10.3 Å². The van der Waals surface area contributed by atoms with Crippen LogP contribution in [0.2, 0.25) is 0 Å². The van der Waals surface area contributed by atoms with Gasteiger partial charge in [-0.05, 0) is 25.5 Å². The van der Waals surface area contributed by atoms with Gasteiger partial charge in [-0.25, -0.2) is 4.98 Å². The Morgan fingerprint density at radius 1 is 1.50 bits per heavy atom. The summed E-state index contributed by atoms with van der Waals surface area (Å²) in [7, 11) is 0. The molecule has 4 N–H and O–H groups in total. The predicted molar refractivity (Wildman–Crippen MR) is 67.0 cm³/mol. The number of carboxylic acids is 1. The fourth-order valence-corrected chi connectivity index (χ4v) is 1.26. The molecule has 1 aromatic rings. The number of anilines is 1. The lowest BCUT2D eigenvalue weighted by Gasteiger charge is -2.23. The van der Waals surface area contributed by atoms with Crippen molar-refractivity contribution in [3.05, 3.63) is 24.0 Å². The van der Waals surface area contributed by atoms with Crippen molar-refractivity contribution < 1.29 is 14.7 Å². The third-order valence-electron chi connectivity index (χ3n) is 2.95. The summed E-state index contributed by atoms with van der Waals surface area (Å²) in [5.41, 5.74) is 5.17. The molecule has 0 aliphatic carbocycles. The van der Waals surface area contributed by atoms with Crippen molar-refractivity contribution in [3.8, 4) is 0 Å². The number of rotatable bonds is 5. The molecule has 0 saturated carbocycles. The van der Waals surface area contributed by atoms with Gasteiger partial charge in [0.05, 0.1) is 17.3 Å². The van der Waals surface area contributed by atoms with Crippen LogP contribution in [0.5, 0.6) is 0 Å². The Balaban J connectivity index is 2.66. The Morgan fingerprint density at radius 2 is 2.17 bits per heavy atom. The van der Waals surface area contributed by atoms with Gasteiger partial charge in [-0.2, -0.15) is 0 Å². The van der Waals surface area contributed by atoms with E-state index in [-0.39, 0.29) is 12.2 Å². The Kier molecular flexibility index (Phi) is 4.25. The van der Waals surface area contributed by atoms with Crippen LogP contribution in [0.1, 0.15) is 30.8 Å². The van der Waals surface area contributed by atoms with Gasteiger partial charge in [-0.3, -0.25) is 9.59 Å². The Hall–Kier alpha value is -2.11. The van der Waals surface area contributed by atoms with E-state index in [1.165, 1.54) is 12.3 Å². The third kappa shape index (κ3) is 3.19.